The molecular weight excluding hydrogens is 346 g/mol. The van der Waals surface area contributed by atoms with Gasteiger partial charge >= 0.3 is 0 Å². The summed E-state index contributed by atoms with van der Waals surface area (Å²) in [4.78, 5) is 26.1. The standard InChI is InChI=1S/C16H22BrN3O2/c1-11(15(21)19-14-5-3-4-13(17)10-14)20-8-6-12(7-9-20)16(22)18-2/h3-5,10-12H,6-9H2,1-2H3,(H,18,22)(H,19,21). The SMILES string of the molecule is CNC(=O)C1CCN(C(C)C(=O)Nc2cccc(Br)c2)CC1. The Morgan fingerprint density at radius 3 is 2.59 bits per heavy atom. The zero-order valence-corrected chi connectivity index (χ0v) is 14.5. The molecule has 0 aromatic heterocycles. The first-order chi connectivity index (χ1) is 10.5. The number of rotatable bonds is 4. The lowest BCUT2D eigenvalue weighted by atomic mass is 9.95. The van der Waals surface area contributed by atoms with Crippen molar-refractivity contribution in [2.24, 2.45) is 5.92 Å². The molecule has 1 aromatic rings. The van der Waals surface area contributed by atoms with Gasteiger partial charge in [-0.3, -0.25) is 14.5 Å². The van der Waals surface area contributed by atoms with Crippen LogP contribution in [0.2, 0.25) is 0 Å². The van der Waals surface area contributed by atoms with Crippen molar-refractivity contribution < 1.29 is 9.59 Å². The summed E-state index contributed by atoms with van der Waals surface area (Å²) in [5.74, 6) is 0.156. The van der Waals surface area contributed by atoms with Gasteiger partial charge < -0.3 is 10.6 Å². The van der Waals surface area contributed by atoms with Crippen LogP contribution in [0.15, 0.2) is 28.7 Å². The number of carbonyl (C=O) groups excluding carboxylic acids is 2. The first-order valence-corrected chi connectivity index (χ1v) is 8.32. The van der Waals surface area contributed by atoms with E-state index in [9.17, 15) is 9.59 Å². The fraction of sp³-hybridized carbons (Fsp3) is 0.500. The molecule has 1 aliphatic rings. The highest BCUT2D eigenvalue weighted by Crippen LogP contribution is 2.20. The predicted molar refractivity (Wildman–Crippen MR) is 90.6 cm³/mol. The summed E-state index contributed by atoms with van der Waals surface area (Å²) in [5.41, 5.74) is 0.784. The number of benzene rings is 1. The van der Waals surface area contributed by atoms with Gasteiger partial charge in [0.2, 0.25) is 11.8 Å². The van der Waals surface area contributed by atoms with E-state index < -0.39 is 0 Å². The van der Waals surface area contributed by atoms with E-state index in [-0.39, 0.29) is 23.8 Å². The third-order valence-corrected chi connectivity index (χ3v) is 4.66. The van der Waals surface area contributed by atoms with Gasteiger partial charge in [0, 0.05) is 23.1 Å². The van der Waals surface area contributed by atoms with E-state index in [1.807, 2.05) is 31.2 Å². The van der Waals surface area contributed by atoms with Gasteiger partial charge in [-0.25, -0.2) is 0 Å². The molecular formula is C16H22BrN3O2. The average molecular weight is 368 g/mol. The van der Waals surface area contributed by atoms with Gasteiger partial charge in [0.1, 0.15) is 0 Å². The monoisotopic (exact) mass is 367 g/mol. The van der Waals surface area contributed by atoms with Crippen LogP contribution in [0.1, 0.15) is 19.8 Å². The summed E-state index contributed by atoms with van der Waals surface area (Å²) in [6.07, 6.45) is 1.60. The van der Waals surface area contributed by atoms with Crippen molar-refractivity contribution in [3.8, 4) is 0 Å². The number of halogens is 1. The van der Waals surface area contributed by atoms with E-state index in [4.69, 9.17) is 0 Å². The molecule has 1 aromatic carbocycles. The third-order valence-electron chi connectivity index (χ3n) is 4.17. The molecule has 120 valence electrons. The Labute approximate surface area is 139 Å². The number of carbonyl (C=O) groups is 2. The quantitative estimate of drug-likeness (QED) is 0.857. The molecule has 6 heteroatoms. The van der Waals surface area contributed by atoms with Gasteiger partial charge in [0.15, 0.2) is 0 Å². The van der Waals surface area contributed by atoms with Crippen LogP contribution in [0.3, 0.4) is 0 Å². The van der Waals surface area contributed by atoms with Crippen LogP contribution < -0.4 is 10.6 Å². The van der Waals surface area contributed by atoms with Crippen LogP contribution in [0.4, 0.5) is 5.69 Å². The minimum atomic E-state index is -0.204. The van der Waals surface area contributed by atoms with Gasteiger partial charge in [-0.1, -0.05) is 22.0 Å². The lowest BCUT2D eigenvalue weighted by Crippen LogP contribution is -2.47. The summed E-state index contributed by atoms with van der Waals surface area (Å²) >= 11 is 3.39. The topological polar surface area (TPSA) is 61.4 Å². The van der Waals surface area contributed by atoms with Crippen molar-refractivity contribution in [2.75, 3.05) is 25.5 Å². The summed E-state index contributed by atoms with van der Waals surface area (Å²) in [6.45, 7) is 3.45. The minimum absolute atomic E-state index is 0.0171. The van der Waals surface area contributed by atoms with Gasteiger partial charge in [-0.15, -0.1) is 0 Å². The van der Waals surface area contributed by atoms with Crippen LogP contribution in [0, 0.1) is 5.92 Å². The molecule has 1 unspecified atom stereocenters. The summed E-state index contributed by atoms with van der Waals surface area (Å²) < 4.78 is 0.935. The Morgan fingerprint density at radius 2 is 2.00 bits per heavy atom. The van der Waals surface area contributed by atoms with Crippen molar-refractivity contribution in [3.05, 3.63) is 28.7 Å². The molecule has 5 nitrogen and oxygen atoms in total. The number of nitrogens with zero attached hydrogens (tertiary/aromatic N) is 1. The van der Waals surface area contributed by atoms with Gasteiger partial charge in [-0.2, -0.15) is 0 Å². The van der Waals surface area contributed by atoms with Crippen LogP contribution >= 0.6 is 15.9 Å². The predicted octanol–water partition coefficient (Wildman–Crippen LogP) is 2.23. The van der Waals surface area contributed by atoms with E-state index in [0.717, 1.165) is 36.1 Å². The lowest BCUT2D eigenvalue weighted by molar-refractivity contribution is -0.126. The molecule has 1 fully saturated rings. The van der Waals surface area contributed by atoms with Crippen molar-refractivity contribution >= 4 is 33.4 Å². The maximum Gasteiger partial charge on any atom is 0.241 e. The summed E-state index contributed by atoms with van der Waals surface area (Å²) in [7, 11) is 1.67. The maximum atomic E-state index is 12.3. The number of amides is 2. The Hall–Kier alpha value is -1.40. The fourth-order valence-corrected chi connectivity index (χ4v) is 3.13. The number of hydrogen-bond donors (Lipinski definition) is 2. The zero-order chi connectivity index (χ0) is 16.1. The van der Waals surface area contributed by atoms with E-state index >= 15 is 0 Å². The summed E-state index contributed by atoms with van der Waals surface area (Å²) in [6, 6.07) is 7.35. The number of likely N-dealkylation sites (tertiary alicyclic amines) is 1. The maximum absolute atomic E-state index is 12.3. The number of hydrogen-bond acceptors (Lipinski definition) is 3. The largest absolute Gasteiger partial charge is 0.359 e. The van der Waals surface area contributed by atoms with Crippen molar-refractivity contribution in [3.63, 3.8) is 0 Å². The van der Waals surface area contributed by atoms with Crippen LogP contribution in [0.25, 0.3) is 0 Å². The fourth-order valence-electron chi connectivity index (χ4n) is 2.73. The highest BCUT2D eigenvalue weighted by atomic mass is 79.9. The number of piperidine rings is 1. The van der Waals surface area contributed by atoms with E-state index in [1.54, 1.807) is 7.05 Å². The van der Waals surface area contributed by atoms with Crippen LogP contribution in [-0.2, 0) is 9.59 Å². The molecule has 1 heterocycles. The van der Waals surface area contributed by atoms with Gasteiger partial charge in [0.25, 0.3) is 0 Å². The highest BCUT2D eigenvalue weighted by molar-refractivity contribution is 9.10. The van der Waals surface area contributed by atoms with Crippen LogP contribution in [0.5, 0.6) is 0 Å². The second-order valence-electron chi connectivity index (χ2n) is 5.60. The van der Waals surface area contributed by atoms with E-state index in [1.165, 1.54) is 0 Å². The zero-order valence-electron chi connectivity index (χ0n) is 12.9. The van der Waals surface area contributed by atoms with E-state index in [0.29, 0.717) is 0 Å². The molecule has 2 amide bonds. The molecule has 0 saturated carbocycles. The van der Waals surface area contributed by atoms with E-state index in [2.05, 4.69) is 31.5 Å². The Balaban J connectivity index is 1.88. The molecule has 0 radical (unpaired) electrons. The molecule has 1 saturated heterocycles. The smallest absolute Gasteiger partial charge is 0.241 e. The summed E-state index contributed by atoms with van der Waals surface area (Å²) in [5, 5.41) is 5.63. The number of nitrogens with one attached hydrogen (secondary N) is 2. The average Bonchev–Trinajstić information content (AvgIpc) is 2.53. The second kappa shape index (κ2) is 7.74. The highest BCUT2D eigenvalue weighted by Gasteiger charge is 2.29. The Kier molecular flexibility index (Phi) is 5.97. The molecule has 0 bridgehead atoms. The van der Waals surface area contributed by atoms with Gasteiger partial charge in [-0.05, 0) is 51.1 Å². The van der Waals surface area contributed by atoms with Crippen LogP contribution in [-0.4, -0.2) is 42.9 Å². The lowest BCUT2D eigenvalue weighted by Gasteiger charge is -2.34. The Morgan fingerprint density at radius 1 is 1.32 bits per heavy atom. The molecule has 22 heavy (non-hydrogen) atoms. The Bertz CT molecular complexity index is 542. The molecule has 0 spiro atoms. The first kappa shape index (κ1) is 17.0. The third kappa shape index (κ3) is 4.30. The second-order valence-corrected chi connectivity index (χ2v) is 6.52. The minimum Gasteiger partial charge on any atom is -0.359 e. The normalized spacial score (nSPS) is 17.8. The molecule has 2 rings (SSSR count). The molecule has 0 aliphatic carbocycles. The first-order valence-electron chi connectivity index (χ1n) is 7.53. The van der Waals surface area contributed by atoms with Crippen molar-refractivity contribution in [2.45, 2.75) is 25.8 Å². The molecule has 1 aliphatic heterocycles. The molecule has 2 N–H and O–H groups in total. The van der Waals surface area contributed by atoms with Crippen molar-refractivity contribution in [1.82, 2.24) is 10.2 Å². The molecule has 1 atom stereocenters. The van der Waals surface area contributed by atoms with Gasteiger partial charge in [0.05, 0.1) is 6.04 Å². The van der Waals surface area contributed by atoms with Crippen molar-refractivity contribution in [1.29, 1.82) is 0 Å². The number of anilines is 1.